The molecule has 0 N–H and O–H groups in total. The third kappa shape index (κ3) is 2.75. The molecule has 7 heteroatoms. The maximum absolute atomic E-state index is 11.1. The number of hydrogen-bond acceptors (Lipinski definition) is 5. The lowest BCUT2D eigenvalue weighted by Gasteiger charge is -1.97. The number of hydrogen-bond donors (Lipinski definition) is 0. The van der Waals surface area contributed by atoms with Crippen LogP contribution in [-0.2, 0) is 4.74 Å². The van der Waals surface area contributed by atoms with Gasteiger partial charge in [-0.15, -0.1) is 0 Å². The Kier molecular flexibility index (Phi) is 3.63. The van der Waals surface area contributed by atoms with Crippen LogP contribution in [0.4, 0.5) is 0 Å². The number of carbonyl (C=O) groups excluding carboxylic acids is 1. The summed E-state index contributed by atoms with van der Waals surface area (Å²) in [7, 11) is 1.24. The van der Waals surface area contributed by atoms with E-state index in [9.17, 15) is 4.79 Å². The number of methoxy groups -OCH3 is 1. The molecule has 0 saturated carbocycles. The first kappa shape index (κ1) is 12.3. The fourth-order valence-electron chi connectivity index (χ4n) is 1.19. The molecular formula is C10H6ClIN2O3. The van der Waals surface area contributed by atoms with Crippen molar-refractivity contribution in [1.82, 2.24) is 10.1 Å². The molecule has 1 aromatic carbocycles. The monoisotopic (exact) mass is 364 g/mol. The van der Waals surface area contributed by atoms with Crippen LogP contribution in [0.3, 0.4) is 0 Å². The molecular weight excluding hydrogens is 358 g/mol. The minimum Gasteiger partial charge on any atom is -0.462 e. The Morgan fingerprint density at radius 1 is 1.47 bits per heavy atom. The van der Waals surface area contributed by atoms with Crippen molar-refractivity contribution >= 4 is 40.2 Å². The minimum atomic E-state index is -0.666. The van der Waals surface area contributed by atoms with E-state index in [0.29, 0.717) is 16.4 Å². The third-order valence-electron chi connectivity index (χ3n) is 1.91. The summed E-state index contributed by atoms with van der Waals surface area (Å²) >= 11 is 8.04. The van der Waals surface area contributed by atoms with Gasteiger partial charge < -0.3 is 9.26 Å². The van der Waals surface area contributed by atoms with Crippen molar-refractivity contribution in [3.63, 3.8) is 0 Å². The highest BCUT2D eigenvalue weighted by Gasteiger charge is 2.16. The Balaban J connectivity index is 2.40. The summed E-state index contributed by atoms with van der Waals surface area (Å²) in [5, 5.41) is 4.25. The average molecular weight is 365 g/mol. The molecule has 2 rings (SSSR count). The molecule has 2 aromatic rings. The van der Waals surface area contributed by atoms with Crippen LogP contribution in [0.15, 0.2) is 22.7 Å². The maximum Gasteiger partial charge on any atom is 0.397 e. The zero-order chi connectivity index (χ0) is 12.4. The number of rotatable bonds is 2. The Bertz CT molecular complexity index is 550. The highest BCUT2D eigenvalue weighted by atomic mass is 127. The van der Waals surface area contributed by atoms with Gasteiger partial charge in [0, 0.05) is 14.2 Å². The van der Waals surface area contributed by atoms with Gasteiger partial charge in [0.05, 0.1) is 7.11 Å². The van der Waals surface area contributed by atoms with Gasteiger partial charge in [0.1, 0.15) is 0 Å². The van der Waals surface area contributed by atoms with E-state index in [-0.39, 0.29) is 5.89 Å². The van der Waals surface area contributed by atoms with Crippen LogP contribution in [0, 0.1) is 3.57 Å². The van der Waals surface area contributed by atoms with E-state index in [2.05, 4.69) is 37.5 Å². The smallest absolute Gasteiger partial charge is 0.397 e. The van der Waals surface area contributed by atoms with Gasteiger partial charge in [0.15, 0.2) is 0 Å². The summed E-state index contributed by atoms with van der Waals surface area (Å²) < 4.78 is 10.2. The zero-order valence-corrected chi connectivity index (χ0v) is 11.5. The van der Waals surface area contributed by atoms with E-state index in [1.54, 1.807) is 12.1 Å². The first-order valence-corrected chi connectivity index (χ1v) is 5.94. The molecule has 0 amide bonds. The van der Waals surface area contributed by atoms with Crippen molar-refractivity contribution in [2.45, 2.75) is 0 Å². The molecule has 0 radical (unpaired) electrons. The summed E-state index contributed by atoms with van der Waals surface area (Å²) in [6.07, 6.45) is 0. The molecule has 1 aromatic heterocycles. The predicted octanol–water partition coefficient (Wildman–Crippen LogP) is 2.78. The molecule has 0 bridgehead atoms. The Labute approximate surface area is 115 Å². The second-order valence-corrected chi connectivity index (χ2v) is 4.75. The van der Waals surface area contributed by atoms with Gasteiger partial charge in [-0.3, -0.25) is 0 Å². The van der Waals surface area contributed by atoms with Gasteiger partial charge in [0.25, 0.3) is 0 Å². The van der Waals surface area contributed by atoms with E-state index in [1.165, 1.54) is 7.11 Å². The predicted molar refractivity (Wildman–Crippen MR) is 68.8 cm³/mol. The Morgan fingerprint density at radius 2 is 2.24 bits per heavy atom. The van der Waals surface area contributed by atoms with Crippen LogP contribution in [0.1, 0.15) is 10.7 Å². The van der Waals surface area contributed by atoms with E-state index in [0.717, 1.165) is 3.57 Å². The molecule has 0 spiro atoms. The fourth-order valence-corrected chi connectivity index (χ4v) is 2.28. The zero-order valence-electron chi connectivity index (χ0n) is 8.61. The molecule has 1 heterocycles. The summed E-state index contributed by atoms with van der Waals surface area (Å²) in [6, 6.07) is 5.32. The first-order valence-electron chi connectivity index (χ1n) is 4.48. The summed E-state index contributed by atoms with van der Waals surface area (Å²) in [6.45, 7) is 0. The number of ether oxygens (including phenoxy) is 1. The number of aromatic nitrogens is 2. The van der Waals surface area contributed by atoms with Crippen LogP contribution in [0.2, 0.25) is 5.02 Å². The lowest BCUT2D eigenvalue weighted by Crippen LogP contribution is -2.00. The van der Waals surface area contributed by atoms with Crippen LogP contribution >= 0.6 is 34.2 Å². The van der Waals surface area contributed by atoms with Crippen molar-refractivity contribution in [3.05, 3.63) is 32.7 Å². The third-order valence-corrected chi connectivity index (χ3v) is 2.75. The van der Waals surface area contributed by atoms with Crippen LogP contribution in [0.5, 0.6) is 0 Å². The average Bonchev–Trinajstić information content (AvgIpc) is 2.76. The largest absolute Gasteiger partial charge is 0.462 e. The molecule has 0 aliphatic carbocycles. The SMILES string of the molecule is COC(=O)c1nc(-c2cc(Cl)cc(I)c2)no1. The van der Waals surface area contributed by atoms with Crippen molar-refractivity contribution in [3.8, 4) is 11.4 Å². The van der Waals surface area contributed by atoms with E-state index >= 15 is 0 Å². The van der Waals surface area contributed by atoms with Crippen molar-refractivity contribution < 1.29 is 14.1 Å². The molecule has 0 saturated heterocycles. The Morgan fingerprint density at radius 3 is 2.88 bits per heavy atom. The van der Waals surface area contributed by atoms with Gasteiger partial charge >= 0.3 is 11.9 Å². The number of carbonyl (C=O) groups is 1. The van der Waals surface area contributed by atoms with Gasteiger partial charge in [-0.2, -0.15) is 4.98 Å². The second kappa shape index (κ2) is 5.01. The molecule has 0 fully saturated rings. The van der Waals surface area contributed by atoms with Crippen LogP contribution in [0.25, 0.3) is 11.4 Å². The van der Waals surface area contributed by atoms with E-state index < -0.39 is 5.97 Å². The molecule has 0 unspecified atom stereocenters. The second-order valence-electron chi connectivity index (χ2n) is 3.07. The molecule has 17 heavy (non-hydrogen) atoms. The number of halogens is 2. The topological polar surface area (TPSA) is 65.2 Å². The first-order chi connectivity index (χ1) is 8.10. The lowest BCUT2D eigenvalue weighted by molar-refractivity contribution is 0.0545. The van der Waals surface area contributed by atoms with Crippen LogP contribution in [-0.4, -0.2) is 23.2 Å². The van der Waals surface area contributed by atoms with Crippen molar-refractivity contribution in [2.24, 2.45) is 0 Å². The summed E-state index contributed by atoms with van der Waals surface area (Å²) in [5.74, 6) is -0.552. The van der Waals surface area contributed by atoms with Gasteiger partial charge in [-0.05, 0) is 40.8 Å². The van der Waals surface area contributed by atoms with Gasteiger partial charge in [0.2, 0.25) is 5.82 Å². The molecule has 0 atom stereocenters. The van der Waals surface area contributed by atoms with Crippen molar-refractivity contribution in [1.29, 1.82) is 0 Å². The highest BCUT2D eigenvalue weighted by molar-refractivity contribution is 14.1. The number of nitrogens with zero attached hydrogens (tertiary/aromatic N) is 2. The normalized spacial score (nSPS) is 10.3. The van der Waals surface area contributed by atoms with Gasteiger partial charge in [-0.1, -0.05) is 16.8 Å². The van der Waals surface area contributed by atoms with E-state index in [1.807, 2.05) is 6.07 Å². The summed E-state index contributed by atoms with van der Waals surface area (Å²) in [5.41, 5.74) is 0.681. The molecule has 88 valence electrons. The van der Waals surface area contributed by atoms with E-state index in [4.69, 9.17) is 16.1 Å². The molecule has 0 aliphatic rings. The highest BCUT2D eigenvalue weighted by Crippen LogP contribution is 2.23. The number of benzene rings is 1. The molecule has 0 aliphatic heterocycles. The minimum absolute atomic E-state index is 0.183. The van der Waals surface area contributed by atoms with Crippen molar-refractivity contribution in [2.75, 3.05) is 7.11 Å². The Hall–Kier alpha value is -1.15. The standard InChI is InChI=1S/C10H6ClIN2O3/c1-16-10(15)9-13-8(14-17-9)5-2-6(11)4-7(12)3-5/h2-4H,1H3. The maximum atomic E-state index is 11.1. The summed E-state index contributed by atoms with van der Waals surface area (Å²) in [4.78, 5) is 15.1. The van der Waals surface area contributed by atoms with Gasteiger partial charge in [-0.25, -0.2) is 4.79 Å². The fraction of sp³-hybridized carbons (Fsp3) is 0.100. The quantitative estimate of drug-likeness (QED) is 0.605. The van der Waals surface area contributed by atoms with Crippen LogP contribution < -0.4 is 0 Å². The molecule has 5 nitrogen and oxygen atoms in total. The lowest BCUT2D eigenvalue weighted by atomic mass is 10.2. The number of esters is 1.